The third-order valence-corrected chi connectivity index (χ3v) is 5.16. The summed E-state index contributed by atoms with van der Waals surface area (Å²) >= 11 is 5.72. The Balaban J connectivity index is 2.09. The highest BCUT2D eigenvalue weighted by atomic mass is 35.5. The first-order valence-corrected chi connectivity index (χ1v) is 9.77. The number of hydrazone groups is 1. The minimum Gasteiger partial charge on any atom is -0.258 e. The van der Waals surface area contributed by atoms with Crippen molar-refractivity contribution in [1.29, 1.82) is 0 Å². The van der Waals surface area contributed by atoms with Gasteiger partial charge in [-0.05, 0) is 36.6 Å². The Bertz CT molecular complexity index is 912. The van der Waals surface area contributed by atoms with Crippen LogP contribution in [0.4, 0.5) is 5.69 Å². The fourth-order valence-corrected chi connectivity index (χ4v) is 3.17. The van der Waals surface area contributed by atoms with Crippen molar-refractivity contribution in [2.75, 3.05) is 0 Å². The smallest absolute Gasteiger partial charge is 0.258 e. The van der Waals surface area contributed by atoms with Gasteiger partial charge in [0, 0.05) is 11.6 Å². The summed E-state index contributed by atoms with van der Waals surface area (Å²) in [6.45, 7) is 2.09. The number of nitro groups is 1. The SMILES string of the molecule is CCCCc1ccc(S(=O)(=O)N/N=C/c2ccc(Cl)c([N+](=O)[O-])c2)cc1. The highest BCUT2D eigenvalue weighted by Gasteiger charge is 2.14. The normalized spacial score (nSPS) is 11.6. The summed E-state index contributed by atoms with van der Waals surface area (Å²) in [4.78, 5) is 12.4. The summed E-state index contributed by atoms with van der Waals surface area (Å²) in [5.74, 6) is 0. The number of unbranched alkanes of at least 4 members (excludes halogenated alkanes) is 1. The molecular formula is C17H18ClN3O4S. The van der Waals surface area contributed by atoms with Crippen LogP contribution < -0.4 is 4.83 Å². The first-order chi connectivity index (χ1) is 12.3. The molecule has 0 aliphatic heterocycles. The molecule has 2 rings (SSSR count). The summed E-state index contributed by atoms with van der Waals surface area (Å²) in [5.41, 5.74) is 1.14. The topological polar surface area (TPSA) is 102 Å². The average molecular weight is 396 g/mol. The number of nitro benzene ring substituents is 1. The Hall–Kier alpha value is -2.45. The van der Waals surface area contributed by atoms with E-state index >= 15 is 0 Å². The predicted octanol–water partition coefficient (Wildman–Crippen LogP) is 3.90. The number of halogens is 1. The zero-order chi connectivity index (χ0) is 19.2. The first-order valence-electron chi connectivity index (χ1n) is 7.91. The van der Waals surface area contributed by atoms with E-state index in [4.69, 9.17) is 11.6 Å². The van der Waals surface area contributed by atoms with E-state index in [2.05, 4.69) is 16.9 Å². The summed E-state index contributed by atoms with van der Waals surface area (Å²) in [6, 6.07) is 10.7. The maximum absolute atomic E-state index is 12.2. The Morgan fingerprint density at radius 1 is 1.23 bits per heavy atom. The van der Waals surface area contributed by atoms with Gasteiger partial charge >= 0.3 is 0 Å². The lowest BCUT2D eigenvalue weighted by atomic mass is 10.1. The number of nitrogens with zero attached hydrogens (tertiary/aromatic N) is 2. The van der Waals surface area contributed by atoms with Crippen LogP contribution in [0.25, 0.3) is 0 Å². The van der Waals surface area contributed by atoms with Gasteiger partial charge in [-0.15, -0.1) is 0 Å². The number of aryl methyl sites for hydroxylation is 1. The monoisotopic (exact) mass is 395 g/mol. The molecule has 0 saturated carbocycles. The van der Waals surface area contributed by atoms with Crippen molar-refractivity contribution in [3.63, 3.8) is 0 Å². The lowest BCUT2D eigenvalue weighted by Crippen LogP contribution is -2.18. The van der Waals surface area contributed by atoms with Crippen molar-refractivity contribution < 1.29 is 13.3 Å². The van der Waals surface area contributed by atoms with Crippen LogP contribution in [0.3, 0.4) is 0 Å². The van der Waals surface area contributed by atoms with Crippen molar-refractivity contribution in [3.05, 3.63) is 68.7 Å². The fraction of sp³-hybridized carbons (Fsp3) is 0.235. The molecule has 0 fully saturated rings. The van der Waals surface area contributed by atoms with E-state index in [9.17, 15) is 18.5 Å². The molecule has 2 aromatic rings. The fourth-order valence-electron chi connectivity index (χ4n) is 2.19. The Kier molecular flexibility index (Phi) is 6.70. The summed E-state index contributed by atoms with van der Waals surface area (Å²) < 4.78 is 24.4. The van der Waals surface area contributed by atoms with Gasteiger partial charge in [0.05, 0.1) is 16.0 Å². The highest BCUT2D eigenvalue weighted by Crippen LogP contribution is 2.24. The Morgan fingerprint density at radius 2 is 1.92 bits per heavy atom. The maximum atomic E-state index is 12.2. The van der Waals surface area contributed by atoms with Crippen LogP contribution in [-0.2, 0) is 16.4 Å². The van der Waals surface area contributed by atoms with Gasteiger partial charge < -0.3 is 0 Å². The van der Waals surface area contributed by atoms with Crippen LogP contribution in [0, 0.1) is 10.1 Å². The van der Waals surface area contributed by atoms with E-state index in [1.807, 2.05) is 0 Å². The van der Waals surface area contributed by atoms with E-state index < -0.39 is 14.9 Å². The number of sulfonamides is 1. The molecule has 7 nitrogen and oxygen atoms in total. The van der Waals surface area contributed by atoms with Gasteiger partial charge in [0.15, 0.2) is 0 Å². The van der Waals surface area contributed by atoms with E-state index in [0.717, 1.165) is 24.8 Å². The van der Waals surface area contributed by atoms with Crippen LogP contribution in [0.2, 0.25) is 5.02 Å². The van der Waals surface area contributed by atoms with Crippen LogP contribution >= 0.6 is 11.6 Å². The van der Waals surface area contributed by atoms with Gasteiger partial charge in [-0.2, -0.15) is 13.5 Å². The molecular weight excluding hydrogens is 378 g/mol. The Morgan fingerprint density at radius 3 is 2.54 bits per heavy atom. The van der Waals surface area contributed by atoms with Gasteiger partial charge in [-0.1, -0.05) is 43.1 Å². The standard InChI is InChI=1S/C17H18ClN3O4S/c1-2-3-4-13-5-8-15(9-6-13)26(24,25)20-19-12-14-7-10-16(18)17(11-14)21(22)23/h5-12,20H,2-4H2,1H3/b19-12+. The number of rotatable bonds is 8. The lowest BCUT2D eigenvalue weighted by Gasteiger charge is -2.05. The first kappa shape index (κ1) is 19.9. The molecule has 2 aromatic carbocycles. The third kappa shape index (κ3) is 5.27. The van der Waals surface area contributed by atoms with E-state index in [-0.39, 0.29) is 15.6 Å². The van der Waals surface area contributed by atoms with Gasteiger partial charge in [0.2, 0.25) is 0 Å². The average Bonchev–Trinajstić information content (AvgIpc) is 2.61. The second kappa shape index (κ2) is 8.77. The zero-order valence-electron chi connectivity index (χ0n) is 14.1. The minimum absolute atomic E-state index is 0.00380. The molecule has 0 amide bonds. The van der Waals surface area contributed by atoms with Crippen molar-refractivity contribution in [3.8, 4) is 0 Å². The van der Waals surface area contributed by atoms with E-state index in [0.29, 0.717) is 5.56 Å². The van der Waals surface area contributed by atoms with Crippen molar-refractivity contribution in [2.45, 2.75) is 31.1 Å². The van der Waals surface area contributed by atoms with E-state index in [1.165, 1.54) is 36.5 Å². The van der Waals surface area contributed by atoms with Crippen LogP contribution in [0.15, 0.2) is 52.5 Å². The quantitative estimate of drug-likeness (QED) is 0.416. The predicted molar refractivity (Wildman–Crippen MR) is 101 cm³/mol. The van der Waals surface area contributed by atoms with Crippen LogP contribution in [0.1, 0.15) is 30.9 Å². The minimum atomic E-state index is -3.81. The highest BCUT2D eigenvalue weighted by molar-refractivity contribution is 7.89. The molecule has 1 N–H and O–H groups in total. The van der Waals surface area contributed by atoms with Crippen LogP contribution in [0.5, 0.6) is 0 Å². The molecule has 26 heavy (non-hydrogen) atoms. The second-order valence-corrected chi connectivity index (χ2v) is 7.64. The molecule has 0 spiro atoms. The maximum Gasteiger partial charge on any atom is 0.288 e. The Labute approximate surface area is 156 Å². The molecule has 0 aromatic heterocycles. The molecule has 0 radical (unpaired) electrons. The number of hydrogen-bond donors (Lipinski definition) is 1. The molecule has 138 valence electrons. The molecule has 0 bridgehead atoms. The summed E-state index contributed by atoms with van der Waals surface area (Å²) in [5, 5.41) is 14.5. The van der Waals surface area contributed by atoms with Gasteiger partial charge in [0.25, 0.3) is 15.7 Å². The van der Waals surface area contributed by atoms with Crippen molar-refractivity contribution >= 4 is 33.5 Å². The van der Waals surface area contributed by atoms with Gasteiger partial charge in [0.1, 0.15) is 5.02 Å². The van der Waals surface area contributed by atoms with Crippen LogP contribution in [-0.4, -0.2) is 19.6 Å². The number of hydrogen-bond acceptors (Lipinski definition) is 5. The number of nitrogens with one attached hydrogen (secondary N) is 1. The molecule has 9 heteroatoms. The summed E-state index contributed by atoms with van der Waals surface area (Å²) in [7, 11) is -3.81. The van der Waals surface area contributed by atoms with Crippen molar-refractivity contribution in [1.82, 2.24) is 4.83 Å². The molecule has 0 heterocycles. The number of benzene rings is 2. The zero-order valence-corrected chi connectivity index (χ0v) is 15.6. The lowest BCUT2D eigenvalue weighted by molar-refractivity contribution is -0.384. The van der Waals surface area contributed by atoms with Crippen molar-refractivity contribution in [2.24, 2.45) is 5.10 Å². The molecule has 0 atom stereocenters. The molecule has 0 aliphatic rings. The summed E-state index contributed by atoms with van der Waals surface area (Å²) in [6.07, 6.45) is 4.19. The largest absolute Gasteiger partial charge is 0.288 e. The second-order valence-electron chi connectivity index (χ2n) is 5.57. The molecule has 0 saturated heterocycles. The molecule has 0 unspecified atom stereocenters. The van der Waals surface area contributed by atoms with Gasteiger partial charge in [-0.25, -0.2) is 4.83 Å². The third-order valence-electron chi connectivity index (χ3n) is 3.61. The van der Waals surface area contributed by atoms with Gasteiger partial charge in [-0.3, -0.25) is 10.1 Å². The molecule has 0 aliphatic carbocycles. The van der Waals surface area contributed by atoms with E-state index in [1.54, 1.807) is 12.1 Å².